The summed E-state index contributed by atoms with van der Waals surface area (Å²) in [5, 5.41) is 2.61. The van der Waals surface area contributed by atoms with Crippen LogP contribution in [0.15, 0.2) is 72.9 Å². The molecular formula is C26H28N4O4. The van der Waals surface area contributed by atoms with E-state index in [2.05, 4.69) is 15.2 Å². The van der Waals surface area contributed by atoms with Crippen LogP contribution in [0.1, 0.15) is 21.5 Å². The fraction of sp³-hybridized carbons (Fsp3) is 0.231. The van der Waals surface area contributed by atoms with Gasteiger partial charge in [-0.15, -0.1) is 0 Å². The molecule has 0 aliphatic rings. The fourth-order valence-electron chi connectivity index (χ4n) is 3.30. The van der Waals surface area contributed by atoms with Crippen molar-refractivity contribution in [2.45, 2.75) is 18.9 Å². The Kier molecular flexibility index (Phi) is 8.48. The number of hydrogen-bond acceptors (Lipinski definition) is 6. The third-order valence-electron chi connectivity index (χ3n) is 5.15. The summed E-state index contributed by atoms with van der Waals surface area (Å²) in [5.41, 5.74) is 7.28. The topological polar surface area (TPSA) is 115 Å². The lowest BCUT2D eigenvalue weighted by Crippen LogP contribution is -2.47. The van der Waals surface area contributed by atoms with Gasteiger partial charge in [0.15, 0.2) is 0 Å². The van der Waals surface area contributed by atoms with Gasteiger partial charge in [0.05, 0.1) is 0 Å². The second-order valence-corrected chi connectivity index (χ2v) is 8.10. The molecular weight excluding hydrogens is 432 g/mol. The zero-order valence-electron chi connectivity index (χ0n) is 19.2. The molecule has 3 N–H and O–H groups in total. The van der Waals surface area contributed by atoms with Gasteiger partial charge < -0.3 is 20.7 Å². The van der Waals surface area contributed by atoms with Crippen LogP contribution in [0.3, 0.4) is 0 Å². The number of nitrogens with zero attached hydrogens (tertiary/aromatic N) is 2. The van der Waals surface area contributed by atoms with Gasteiger partial charge in [-0.25, -0.2) is 4.98 Å². The fourth-order valence-corrected chi connectivity index (χ4v) is 3.30. The van der Waals surface area contributed by atoms with Crippen LogP contribution in [0.25, 0.3) is 0 Å². The zero-order chi connectivity index (χ0) is 24.5. The Morgan fingerprint density at radius 3 is 2.32 bits per heavy atom. The second kappa shape index (κ2) is 11.7. The van der Waals surface area contributed by atoms with Gasteiger partial charge >= 0.3 is 0 Å². The lowest BCUT2D eigenvalue weighted by molar-refractivity contribution is -0.137. The Hall–Kier alpha value is -4.04. The maximum absolute atomic E-state index is 13.0. The van der Waals surface area contributed by atoms with Crippen LogP contribution in [-0.4, -0.2) is 54.2 Å². The molecule has 3 aromatic rings. The molecule has 2 aromatic carbocycles. The molecule has 0 aliphatic heterocycles. The number of ether oxygens (including phenoxy) is 1. The van der Waals surface area contributed by atoms with E-state index in [0.717, 1.165) is 24.1 Å². The molecule has 1 aromatic heterocycles. The van der Waals surface area contributed by atoms with Crippen LogP contribution < -0.4 is 15.8 Å². The summed E-state index contributed by atoms with van der Waals surface area (Å²) >= 11 is 0. The second-order valence-electron chi connectivity index (χ2n) is 8.10. The Balaban J connectivity index is 1.75. The Morgan fingerprint density at radius 2 is 1.68 bits per heavy atom. The molecule has 3 rings (SSSR count). The molecule has 0 radical (unpaired) electrons. The minimum Gasteiger partial charge on any atom is -0.438 e. The highest BCUT2D eigenvalue weighted by Gasteiger charge is 2.27. The van der Waals surface area contributed by atoms with Crippen molar-refractivity contribution in [2.75, 3.05) is 20.6 Å². The molecule has 0 saturated carbocycles. The number of ketones is 1. The number of aromatic nitrogens is 1. The molecule has 34 heavy (non-hydrogen) atoms. The average Bonchev–Trinajstić information content (AvgIpc) is 2.83. The van der Waals surface area contributed by atoms with E-state index in [4.69, 9.17) is 10.5 Å². The Labute approximate surface area is 198 Å². The summed E-state index contributed by atoms with van der Waals surface area (Å²) < 4.78 is 5.86. The maximum atomic E-state index is 13.0. The van der Waals surface area contributed by atoms with Gasteiger partial charge in [0.1, 0.15) is 17.4 Å². The quantitative estimate of drug-likeness (QED) is 0.425. The van der Waals surface area contributed by atoms with E-state index in [1.165, 1.54) is 12.3 Å². The highest BCUT2D eigenvalue weighted by atomic mass is 16.5. The largest absolute Gasteiger partial charge is 0.438 e. The number of Topliss-reactive ketones (excluding diaryl/α,β-unsaturated/α-hetero) is 1. The first-order valence-corrected chi connectivity index (χ1v) is 10.9. The predicted molar refractivity (Wildman–Crippen MR) is 129 cm³/mol. The van der Waals surface area contributed by atoms with Gasteiger partial charge in [-0.2, -0.15) is 0 Å². The van der Waals surface area contributed by atoms with Gasteiger partial charge in [-0.3, -0.25) is 14.4 Å². The van der Waals surface area contributed by atoms with Crippen molar-refractivity contribution in [1.82, 2.24) is 15.2 Å². The molecule has 0 bridgehead atoms. The number of benzene rings is 2. The molecule has 0 fully saturated rings. The molecule has 8 nitrogen and oxygen atoms in total. The number of pyridine rings is 1. The molecule has 176 valence electrons. The summed E-state index contributed by atoms with van der Waals surface area (Å²) in [7, 11) is 4.04. The number of nitrogens with one attached hydrogen (secondary N) is 1. The van der Waals surface area contributed by atoms with E-state index in [9.17, 15) is 14.4 Å². The van der Waals surface area contributed by atoms with Crippen LogP contribution in [0.4, 0.5) is 0 Å². The first kappa shape index (κ1) is 24.6. The van der Waals surface area contributed by atoms with Crippen molar-refractivity contribution in [1.29, 1.82) is 0 Å². The number of rotatable bonds is 11. The summed E-state index contributed by atoms with van der Waals surface area (Å²) in [4.78, 5) is 43.3. The highest BCUT2D eigenvalue weighted by Crippen LogP contribution is 2.23. The van der Waals surface area contributed by atoms with Crippen molar-refractivity contribution >= 4 is 17.6 Å². The van der Waals surface area contributed by atoms with Crippen LogP contribution in [0, 0.1) is 0 Å². The third-order valence-corrected chi connectivity index (χ3v) is 5.15. The van der Waals surface area contributed by atoms with Crippen LogP contribution >= 0.6 is 0 Å². The number of likely N-dealkylation sites (N-methyl/N-ethyl adjacent to an activating group) is 1. The van der Waals surface area contributed by atoms with E-state index in [1.54, 1.807) is 18.2 Å². The Morgan fingerprint density at radius 1 is 0.971 bits per heavy atom. The maximum Gasteiger partial charge on any atom is 0.287 e. The molecule has 0 aliphatic carbocycles. The molecule has 0 saturated heterocycles. The van der Waals surface area contributed by atoms with Crippen molar-refractivity contribution in [3.05, 3.63) is 89.6 Å². The normalized spacial score (nSPS) is 11.6. The molecule has 1 heterocycles. The number of carbonyl (C=O) groups is 3. The molecule has 0 spiro atoms. The third kappa shape index (κ3) is 6.98. The highest BCUT2D eigenvalue weighted by molar-refractivity contribution is 6.38. The smallest absolute Gasteiger partial charge is 0.287 e. The summed E-state index contributed by atoms with van der Waals surface area (Å²) in [5.74, 6) is -1.97. The first-order chi connectivity index (χ1) is 16.3. The SMILES string of the molecule is CN(C)CCc1ccc(Oc2ncccc2C(=O)NC(Cc2ccccc2)C(=O)C(N)=O)cc1. The number of amides is 2. The van der Waals surface area contributed by atoms with Gasteiger partial charge in [0.2, 0.25) is 11.7 Å². The monoisotopic (exact) mass is 460 g/mol. The van der Waals surface area contributed by atoms with Gasteiger partial charge in [0.25, 0.3) is 11.8 Å². The van der Waals surface area contributed by atoms with Crippen LogP contribution in [0.5, 0.6) is 11.6 Å². The summed E-state index contributed by atoms with van der Waals surface area (Å²) in [6, 6.07) is 18.6. The van der Waals surface area contributed by atoms with E-state index < -0.39 is 23.6 Å². The van der Waals surface area contributed by atoms with Crippen LogP contribution in [0.2, 0.25) is 0 Å². The van der Waals surface area contributed by atoms with Gasteiger partial charge in [-0.1, -0.05) is 42.5 Å². The summed E-state index contributed by atoms with van der Waals surface area (Å²) in [6.07, 6.45) is 2.54. The van der Waals surface area contributed by atoms with Crippen LogP contribution in [-0.2, 0) is 22.4 Å². The zero-order valence-corrected chi connectivity index (χ0v) is 19.2. The van der Waals surface area contributed by atoms with Crippen molar-refractivity contribution in [3.63, 3.8) is 0 Å². The van der Waals surface area contributed by atoms with E-state index >= 15 is 0 Å². The first-order valence-electron chi connectivity index (χ1n) is 10.9. The standard InChI is InChI=1S/C26H28N4O4/c1-30(2)16-14-18-10-12-20(13-11-18)34-26-21(9-6-15-28-26)25(33)29-22(23(31)24(27)32)17-19-7-4-3-5-8-19/h3-13,15,22H,14,16-17H2,1-2H3,(H2,27,32)(H,29,33). The summed E-state index contributed by atoms with van der Waals surface area (Å²) in [6.45, 7) is 0.929. The Bertz CT molecular complexity index is 1130. The molecule has 1 atom stereocenters. The number of hydrogen-bond donors (Lipinski definition) is 2. The predicted octanol–water partition coefficient (Wildman–Crippen LogP) is 2.37. The van der Waals surface area contributed by atoms with E-state index in [1.807, 2.05) is 56.6 Å². The van der Waals surface area contributed by atoms with Gasteiger partial charge in [0, 0.05) is 19.2 Å². The number of nitrogens with two attached hydrogens (primary N) is 1. The van der Waals surface area contributed by atoms with E-state index in [0.29, 0.717) is 5.75 Å². The lowest BCUT2D eigenvalue weighted by Gasteiger charge is -2.17. The lowest BCUT2D eigenvalue weighted by atomic mass is 10.0. The molecule has 2 amide bonds. The van der Waals surface area contributed by atoms with Gasteiger partial charge in [-0.05, 0) is 55.9 Å². The van der Waals surface area contributed by atoms with Crippen molar-refractivity contribution in [2.24, 2.45) is 5.73 Å². The van der Waals surface area contributed by atoms with Crippen molar-refractivity contribution in [3.8, 4) is 11.6 Å². The minimum absolute atomic E-state index is 0.0889. The molecule has 1 unspecified atom stereocenters. The number of primary amides is 1. The van der Waals surface area contributed by atoms with Crippen molar-refractivity contribution < 1.29 is 19.1 Å². The minimum atomic E-state index is -1.11. The number of carbonyl (C=O) groups excluding carboxylic acids is 3. The molecule has 8 heteroatoms. The average molecular weight is 461 g/mol. The van der Waals surface area contributed by atoms with E-state index in [-0.39, 0.29) is 17.9 Å².